The summed E-state index contributed by atoms with van der Waals surface area (Å²) in [5.74, 6) is 0.00144. The maximum atomic E-state index is 11.0. The van der Waals surface area contributed by atoms with Crippen LogP contribution in [0.15, 0.2) is 12.2 Å². The van der Waals surface area contributed by atoms with Crippen molar-refractivity contribution in [1.82, 2.24) is 10.6 Å². The first-order chi connectivity index (χ1) is 6.31. The summed E-state index contributed by atoms with van der Waals surface area (Å²) in [4.78, 5) is 11.0. The van der Waals surface area contributed by atoms with Crippen LogP contribution in [-0.2, 0) is 9.53 Å². The first-order valence-corrected chi connectivity index (χ1v) is 4.38. The van der Waals surface area contributed by atoms with E-state index >= 15 is 0 Å². The Morgan fingerprint density at radius 3 is 2.92 bits per heavy atom. The van der Waals surface area contributed by atoms with Crippen LogP contribution in [0.5, 0.6) is 0 Å². The van der Waals surface area contributed by atoms with Gasteiger partial charge in [0.25, 0.3) is 0 Å². The highest BCUT2D eigenvalue weighted by atomic mass is 16.5. The summed E-state index contributed by atoms with van der Waals surface area (Å²) >= 11 is 0. The molecule has 0 heterocycles. The van der Waals surface area contributed by atoms with Crippen molar-refractivity contribution in [2.75, 3.05) is 33.4 Å². The van der Waals surface area contributed by atoms with Crippen LogP contribution in [0, 0.1) is 0 Å². The van der Waals surface area contributed by atoms with Crippen molar-refractivity contribution in [2.24, 2.45) is 0 Å². The van der Waals surface area contributed by atoms with E-state index in [9.17, 15) is 4.79 Å². The Hall–Kier alpha value is -0.870. The second-order valence-electron chi connectivity index (χ2n) is 2.54. The van der Waals surface area contributed by atoms with Gasteiger partial charge >= 0.3 is 0 Å². The Bertz CT molecular complexity index is 158. The van der Waals surface area contributed by atoms with Crippen LogP contribution < -0.4 is 10.6 Å². The van der Waals surface area contributed by atoms with Gasteiger partial charge in [0.2, 0.25) is 5.91 Å². The average molecular weight is 186 g/mol. The maximum Gasteiger partial charge on any atom is 0.234 e. The molecule has 0 aliphatic heterocycles. The molecule has 0 aromatic heterocycles. The zero-order chi connectivity index (χ0) is 9.94. The van der Waals surface area contributed by atoms with Crippen molar-refractivity contribution in [3.8, 4) is 0 Å². The molecule has 0 aliphatic rings. The molecule has 76 valence electrons. The Labute approximate surface area is 79.3 Å². The van der Waals surface area contributed by atoms with Crippen molar-refractivity contribution < 1.29 is 9.53 Å². The lowest BCUT2D eigenvalue weighted by molar-refractivity contribution is -0.120. The van der Waals surface area contributed by atoms with Gasteiger partial charge in [0.15, 0.2) is 0 Å². The zero-order valence-corrected chi connectivity index (χ0v) is 8.30. The highest BCUT2D eigenvalue weighted by Gasteiger charge is 1.96. The topological polar surface area (TPSA) is 50.4 Å². The molecule has 13 heavy (non-hydrogen) atoms. The van der Waals surface area contributed by atoms with Gasteiger partial charge in [-0.25, -0.2) is 0 Å². The molecule has 0 unspecified atom stereocenters. The quantitative estimate of drug-likeness (QED) is 0.432. The first-order valence-electron chi connectivity index (χ1n) is 4.38. The molecule has 0 rings (SSSR count). The van der Waals surface area contributed by atoms with E-state index in [2.05, 4.69) is 10.6 Å². The summed E-state index contributed by atoms with van der Waals surface area (Å²) in [6.07, 6.45) is 3.90. The average Bonchev–Trinajstić information content (AvgIpc) is 2.13. The minimum atomic E-state index is 0.00144. The summed E-state index contributed by atoms with van der Waals surface area (Å²) in [5, 5.41) is 5.68. The monoisotopic (exact) mass is 186 g/mol. The van der Waals surface area contributed by atoms with Crippen molar-refractivity contribution in [2.45, 2.75) is 6.92 Å². The molecule has 0 saturated heterocycles. The normalized spacial score (nSPS) is 10.6. The van der Waals surface area contributed by atoms with E-state index in [1.54, 1.807) is 7.11 Å². The number of carbonyl (C=O) groups excluding carboxylic acids is 1. The molecule has 0 bridgehead atoms. The summed E-state index contributed by atoms with van der Waals surface area (Å²) in [6, 6.07) is 0. The van der Waals surface area contributed by atoms with Gasteiger partial charge in [0.05, 0.1) is 13.2 Å². The fraction of sp³-hybridized carbons (Fsp3) is 0.667. The van der Waals surface area contributed by atoms with Crippen LogP contribution in [-0.4, -0.2) is 39.3 Å². The van der Waals surface area contributed by atoms with E-state index in [1.807, 2.05) is 19.1 Å². The SMILES string of the molecule is C/C=C/CNCC(=O)NCCOC. The largest absolute Gasteiger partial charge is 0.383 e. The number of ether oxygens (including phenoxy) is 1. The van der Waals surface area contributed by atoms with Crippen molar-refractivity contribution in [1.29, 1.82) is 0 Å². The fourth-order valence-corrected chi connectivity index (χ4v) is 0.742. The van der Waals surface area contributed by atoms with E-state index in [0.29, 0.717) is 19.7 Å². The molecular formula is C9H18N2O2. The van der Waals surface area contributed by atoms with Crippen LogP contribution in [0.1, 0.15) is 6.92 Å². The molecule has 0 saturated carbocycles. The summed E-state index contributed by atoms with van der Waals surface area (Å²) in [7, 11) is 1.61. The molecule has 0 aromatic rings. The molecule has 2 N–H and O–H groups in total. The van der Waals surface area contributed by atoms with Crippen molar-refractivity contribution >= 4 is 5.91 Å². The third-order valence-electron chi connectivity index (χ3n) is 1.41. The van der Waals surface area contributed by atoms with Crippen LogP contribution in [0.4, 0.5) is 0 Å². The number of methoxy groups -OCH3 is 1. The predicted molar refractivity (Wildman–Crippen MR) is 52.6 cm³/mol. The molecule has 0 spiro atoms. The fourth-order valence-electron chi connectivity index (χ4n) is 0.742. The molecule has 0 aromatic carbocycles. The zero-order valence-electron chi connectivity index (χ0n) is 8.30. The van der Waals surface area contributed by atoms with Gasteiger partial charge in [-0.05, 0) is 6.92 Å². The van der Waals surface area contributed by atoms with E-state index in [0.717, 1.165) is 6.54 Å². The van der Waals surface area contributed by atoms with Gasteiger partial charge in [0.1, 0.15) is 0 Å². The first kappa shape index (κ1) is 12.1. The Morgan fingerprint density at radius 2 is 2.31 bits per heavy atom. The standard InChI is InChI=1S/C9H18N2O2/c1-3-4-5-10-8-9(12)11-6-7-13-2/h3-4,10H,5-8H2,1-2H3,(H,11,12)/b4-3+. The highest BCUT2D eigenvalue weighted by Crippen LogP contribution is 1.69. The number of amides is 1. The van der Waals surface area contributed by atoms with Gasteiger partial charge in [-0.1, -0.05) is 12.2 Å². The van der Waals surface area contributed by atoms with Crippen molar-refractivity contribution in [3.05, 3.63) is 12.2 Å². The lowest BCUT2D eigenvalue weighted by Crippen LogP contribution is -2.35. The van der Waals surface area contributed by atoms with Gasteiger partial charge in [-0.2, -0.15) is 0 Å². The summed E-state index contributed by atoms with van der Waals surface area (Å²) in [6.45, 7) is 4.16. The van der Waals surface area contributed by atoms with Crippen LogP contribution in [0.25, 0.3) is 0 Å². The minimum Gasteiger partial charge on any atom is -0.383 e. The van der Waals surface area contributed by atoms with Crippen LogP contribution >= 0.6 is 0 Å². The van der Waals surface area contributed by atoms with Crippen LogP contribution in [0.2, 0.25) is 0 Å². The van der Waals surface area contributed by atoms with E-state index in [1.165, 1.54) is 0 Å². The van der Waals surface area contributed by atoms with E-state index < -0.39 is 0 Å². The van der Waals surface area contributed by atoms with E-state index in [4.69, 9.17) is 4.74 Å². The molecule has 4 nitrogen and oxygen atoms in total. The highest BCUT2D eigenvalue weighted by molar-refractivity contribution is 5.77. The molecule has 0 atom stereocenters. The number of rotatable bonds is 7. The molecule has 1 amide bonds. The maximum absolute atomic E-state index is 11.0. The smallest absolute Gasteiger partial charge is 0.234 e. The number of nitrogens with one attached hydrogen (secondary N) is 2. The van der Waals surface area contributed by atoms with Gasteiger partial charge in [-0.3, -0.25) is 4.79 Å². The summed E-state index contributed by atoms with van der Waals surface area (Å²) < 4.78 is 4.79. The number of hydrogen-bond acceptors (Lipinski definition) is 3. The second-order valence-corrected chi connectivity index (χ2v) is 2.54. The molecule has 0 aliphatic carbocycles. The van der Waals surface area contributed by atoms with Gasteiger partial charge < -0.3 is 15.4 Å². The summed E-state index contributed by atoms with van der Waals surface area (Å²) in [5.41, 5.74) is 0. The van der Waals surface area contributed by atoms with E-state index in [-0.39, 0.29) is 5.91 Å². The van der Waals surface area contributed by atoms with Gasteiger partial charge in [0, 0.05) is 20.2 Å². The predicted octanol–water partition coefficient (Wildman–Crippen LogP) is -0.0853. The van der Waals surface area contributed by atoms with Crippen LogP contribution in [0.3, 0.4) is 0 Å². The number of carbonyl (C=O) groups is 1. The molecule has 4 heteroatoms. The molecular weight excluding hydrogens is 168 g/mol. The number of hydrogen-bond donors (Lipinski definition) is 2. The van der Waals surface area contributed by atoms with Crippen molar-refractivity contribution in [3.63, 3.8) is 0 Å². The molecule has 0 fully saturated rings. The lowest BCUT2D eigenvalue weighted by Gasteiger charge is -2.04. The number of allylic oxidation sites excluding steroid dienone is 1. The molecule has 0 radical (unpaired) electrons. The lowest BCUT2D eigenvalue weighted by atomic mass is 10.5. The third-order valence-corrected chi connectivity index (χ3v) is 1.41. The van der Waals surface area contributed by atoms with Gasteiger partial charge in [-0.15, -0.1) is 0 Å². The second kappa shape index (κ2) is 9.22. The Kier molecular flexibility index (Phi) is 8.60. The third kappa shape index (κ3) is 9.04. The Balaban J connectivity index is 3.20. The Morgan fingerprint density at radius 1 is 1.54 bits per heavy atom. The minimum absolute atomic E-state index is 0.00144.